The van der Waals surface area contributed by atoms with Crippen molar-refractivity contribution in [2.24, 2.45) is 20.5 Å². The first kappa shape index (κ1) is 24.7. The highest BCUT2D eigenvalue weighted by Gasteiger charge is 2.08. The molecule has 0 amide bonds. The van der Waals surface area contributed by atoms with Gasteiger partial charge in [-0.2, -0.15) is 15.5 Å². The predicted molar refractivity (Wildman–Crippen MR) is 144 cm³/mol. The third-order valence-corrected chi connectivity index (χ3v) is 6.84. The fourth-order valence-electron chi connectivity index (χ4n) is 3.37. The van der Waals surface area contributed by atoms with Gasteiger partial charge in [-0.3, -0.25) is 0 Å². The van der Waals surface area contributed by atoms with E-state index < -0.39 is 0 Å². The van der Waals surface area contributed by atoms with Crippen molar-refractivity contribution in [3.63, 3.8) is 0 Å². The molecule has 7 nitrogen and oxygen atoms in total. The Morgan fingerprint density at radius 2 is 1.66 bits per heavy atom. The maximum absolute atomic E-state index is 8.82. The molecule has 0 saturated heterocycles. The number of aromatic nitrogens is 1. The normalized spacial score (nSPS) is 11.5. The number of halogens is 2. The number of rotatable bonds is 8. The first-order valence-electron chi connectivity index (χ1n) is 10.9. The zero-order valence-electron chi connectivity index (χ0n) is 19.1. The van der Waals surface area contributed by atoms with E-state index in [-0.39, 0.29) is 0 Å². The van der Waals surface area contributed by atoms with Crippen LogP contribution >= 0.6 is 34.5 Å². The summed E-state index contributed by atoms with van der Waals surface area (Å²) in [5.74, 6) is 0. The van der Waals surface area contributed by atoms with Gasteiger partial charge >= 0.3 is 0 Å². The number of benzene rings is 3. The summed E-state index contributed by atoms with van der Waals surface area (Å²) in [5.41, 5.74) is 4.93. The van der Waals surface area contributed by atoms with Gasteiger partial charge < -0.3 is 4.90 Å². The maximum atomic E-state index is 8.82. The van der Waals surface area contributed by atoms with Crippen LogP contribution in [-0.4, -0.2) is 18.1 Å². The molecule has 0 radical (unpaired) electrons. The van der Waals surface area contributed by atoms with Crippen LogP contribution in [0.2, 0.25) is 10.0 Å². The third kappa shape index (κ3) is 6.20. The van der Waals surface area contributed by atoms with Crippen LogP contribution in [0, 0.1) is 18.3 Å². The van der Waals surface area contributed by atoms with Crippen LogP contribution in [-0.2, 0) is 0 Å². The average Bonchev–Trinajstić information content (AvgIpc) is 3.25. The number of anilines is 1. The van der Waals surface area contributed by atoms with Gasteiger partial charge in [-0.15, -0.1) is 10.2 Å². The van der Waals surface area contributed by atoms with Crippen LogP contribution in [0.15, 0.2) is 75.1 Å². The number of nitriles is 1. The number of thiazole rings is 1. The van der Waals surface area contributed by atoms with Crippen LogP contribution in [0.25, 0.3) is 10.2 Å². The van der Waals surface area contributed by atoms with Gasteiger partial charge in [-0.25, -0.2) is 4.98 Å². The van der Waals surface area contributed by atoms with Gasteiger partial charge in [0.25, 0.3) is 0 Å². The molecule has 0 unspecified atom stereocenters. The molecule has 176 valence electrons. The van der Waals surface area contributed by atoms with Gasteiger partial charge in [-0.05, 0) is 74.0 Å². The highest BCUT2D eigenvalue weighted by atomic mass is 35.5. The molecule has 0 aliphatic heterocycles. The molecule has 0 atom stereocenters. The summed E-state index contributed by atoms with van der Waals surface area (Å²) in [6, 6.07) is 19.1. The molecule has 10 heteroatoms. The molecule has 0 aliphatic rings. The zero-order valence-corrected chi connectivity index (χ0v) is 21.4. The lowest BCUT2D eigenvalue weighted by molar-refractivity contribution is 0.827. The molecule has 4 rings (SSSR count). The number of azo groups is 2. The van der Waals surface area contributed by atoms with Crippen molar-refractivity contribution in [2.75, 3.05) is 18.0 Å². The standard InChI is InChI=1S/C25H21Cl2N7S/c1-3-34(12-4-11-28)19-8-5-17(6-9-19)30-32-22-10-7-18(13-16(22)2)31-33-25-29-23-14-20(26)21(27)15-24(23)35-25/h5-10,13-15H,3-4,12H2,1-2H3. The summed E-state index contributed by atoms with van der Waals surface area (Å²) in [4.78, 5) is 6.59. The number of fused-ring (bicyclic) bond motifs is 1. The summed E-state index contributed by atoms with van der Waals surface area (Å²) >= 11 is 13.5. The van der Waals surface area contributed by atoms with Crippen molar-refractivity contribution in [3.8, 4) is 6.07 Å². The summed E-state index contributed by atoms with van der Waals surface area (Å²) in [5, 5.41) is 27.6. The minimum atomic E-state index is 0.461. The van der Waals surface area contributed by atoms with Gasteiger partial charge in [0, 0.05) is 18.8 Å². The Labute approximate surface area is 217 Å². The molecule has 4 aromatic rings. The van der Waals surface area contributed by atoms with Crippen molar-refractivity contribution in [2.45, 2.75) is 20.3 Å². The molecule has 1 aromatic heterocycles. The van der Waals surface area contributed by atoms with Crippen molar-refractivity contribution in [3.05, 3.63) is 70.2 Å². The van der Waals surface area contributed by atoms with E-state index in [9.17, 15) is 0 Å². The molecular formula is C25H21Cl2N7S. The van der Waals surface area contributed by atoms with Crippen LogP contribution < -0.4 is 4.90 Å². The molecule has 0 fully saturated rings. The maximum Gasteiger partial charge on any atom is 0.231 e. The monoisotopic (exact) mass is 521 g/mol. The lowest BCUT2D eigenvalue weighted by Crippen LogP contribution is -2.23. The fourth-order valence-corrected chi connectivity index (χ4v) is 4.56. The molecular weight excluding hydrogens is 501 g/mol. The fraction of sp³-hybridized carbons (Fsp3) is 0.200. The largest absolute Gasteiger partial charge is 0.371 e. The summed E-state index contributed by atoms with van der Waals surface area (Å²) < 4.78 is 0.901. The van der Waals surface area contributed by atoms with Crippen molar-refractivity contribution in [1.29, 1.82) is 5.26 Å². The van der Waals surface area contributed by atoms with Crippen LogP contribution in [0.4, 0.5) is 27.9 Å². The quantitative estimate of drug-likeness (QED) is 0.216. The Morgan fingerprint density at radius 1 is 0.943 bits per heavy atom. The Hall–Kier alpha value is -3.38. The predicted octanol–water partition coefficient (Wildman–Crippen LogP) is 9.48. The van der Waals surface area contributed by atoms with E-state index in [0.717, 1.165) is 39.4 Å². The van der Waals surface area contributed by atoms with Gasteiger partial charge in [0.1, 0.15) is 0 Å². The van der Waals surface area contributed by atoms with Gasteiger partial charge in [0.05, 0.1) is 49.8 Å². The highest BCUT2D eigenvalue weighted by Crippen LogP contribution is 2.35. The minimum absolute atomic E-state index is 0.461. The zero-order chi connectivity index (χ0) is 24.8. The highest BCUT2D eigenvalue weighted by molar-refractivity contribution is 7.22. The number of aryl methyl sites for hydroxylation is 1. The minimum Gasteiger partial charge on any atom is -0.371 e. The van der Waals surface area contributed by atoms with Gasteiger partial charge in [0.15, 0.2) is 0 Å². The summed E-state index contributed by atoms with van der Waals surface area (Å²) in [6.07, 6.45) is 0.495. The summed E-state index contributed by atoms with van der Waals surface area (Å²) in [7, 11) is 0. The third-order valence-electron chi connectivity index (χ3n) is 5.21. The average molecular weight is 522 g/mol. The summed E-state index contributed by atoms with van der Waals surface area (Å²) in [6.45, 7) is 5.57. The molecule has 1 heterocycles. The lowest BCUT2D eigenvalue weighted by Gasteiger charge is -2.21. The van der Waals surface area contributed by atoms with Gasteiger partial charge in [-0.1, -0.05) is 34.5 Å². The van der Waals surface area contributed by atoms with Crippen LogP contribution in [0.5, 0.6) is 0 Å². The molecule has 0 spiro atoms. The number of nitrogens with zero attached hydrogens (tertiary/aromatic N) is 7. The van der Waals surface area contributed by atoms with Crippen LogP contribution in [0.1, 0.15) is 18.9 Å². The Kier molecular flexibility index (Phi) is 8.03. The second kappa shape index (κ2) is 11.4. The molecule has 35 heavy (non-hydrogen) atoms. The van der Waals surface area contributed by atoms with Crippen LogP contribution in [0.3, 0.4) is 0 Å². The molecule has 0 saturated carbocycles. The van der Waals surface area contributed by atoms with E-state index in [2.05, 4.69) is 43.3 Å². The van der Waals surface area contributed by atoms with Crippen molar-refractivity contribution < 1.29 is 0 Å². The van der Waals surface area contributed by atoms with E-state index in [1.807, 2.05) is 49.4 Å². The Balaban J connectivity index is 1.44. The van der Waals surface area contributed by atoms with E-state index in [0.29, 0.717) is 33.8 Å². The first-order chi connectivity index (χ1) is 17.0. The second-order valence-corrected chi connectivity index (χ2v) is 9.43. The molecule has 0 aliphatic carbocycles. The number of hydrogen-bond acceptors (Lipinski definition) is 8. The second-order valence-electron chi connectivity index (χ2n) is 7.61. The topological polar surface area (TPSA) is 89.4 Å². The van der Waals surface area contributed by atoms with E-state index in [1.54, 1.807) is 12.1 Å². The van der Waals surface area contributed by atoms with Gasteiger partial charge in [0.2, 0.25) is 5.13 Å². The first-order valence-corrected chi connectivity index (χ1v) is 12.5. The molecule has 3 aromatic carbocycles. The number of hydrogen-bond donors (Lipinski definition) is 0. The van der Waals surface area contributed by atoms with E-state index in [1.165, 1.54) is 11.3 Å². The Morgan fingerprint density at radius 3 is 2.37 bits per heavy atom. The Bertz CT molecular complexity index is 1400. The molecule has 0 N–H and O–H groups in total. The molecule has 0 bridgehead atoms. The van der Waals surface area contributed by atoms with Crippen molar-refractivity contribution >= 4 is 72.6 Å². The van der Waals surface area contributed by atoms with Crippen molar-refractivity contribution in [1.82, 2.24) is 4.98 Å². The smallest absolute Gasteiger partial charge is 0.231 e. The van der Waals surface area contributed by atoms with E-state index >= 15 is 0 Å². The van der Waals surface area contributed by atoms with E-state index in [4.69, 9.17) is 28.5 Å². The SMILES string of the molecule is CCN(CCC#N)c1ccc(N=Nc2ccc(N=Nc3nc4cc(Cl)c(Cl)cc4s3)cc2C)cc1. The lowest BCUT2D eigenvalue weighted by atomic mass is 10.2.